The fraction of sp³-hybridized carbons (Fsp3) is 0.190. The molecule has 0 fully saturated rings. The zero-order valence-corrected chi connectivity index (χ0v) is 16.3. The molecule has 5 nitrogen and oxygen atoms in total. The Bertz CT molecular complexity index is 951. The lowest BCUT2D eigenvalue weighted by Gasteiger charge is -2.19. The van der Waals surface area contributed by atoms with Gasteiger partial charge >= 0.3 is 11.9 Å². The van der Waals surface area contributed by atoms with Crippen molar-refractivity contribution >= 4 is 38.8 Å². The average Bonchev–Trinajstić information content (AvgIpc) is 2.68. The van der Waals surface area contributed by atoms with Crippen molar-refractivity contribution in [2.75, 3.05) is 13.2 Å². The molecule has 0 spiro atoms. The second-order valence-electron chi connectivity index (χ2n) is 6.02. The molecule has 1 heterocycles. The Morgan fingerprint density at radius 2 is 1.70 bits per heavy atom. The zero-order chi connectivity index (χ0) is 19.2. The molecule has 0 saturated heterocycles. The smallest absolute Gasteiger partial charge is 0.338 e. The number of pyridine rings is 1. The van der Waals surface area contributed by atoms with Gasteiger partial charge in [-0.2, -0.15) is 0 Å². The topological polar surface area (TPSA) is 65.5 Å². The number of fused-ring (bicyclic) bond motifs is 1. The monoisotopic (exact) mass is 427 g/mol. The van der Waals surface area contributed by atoms with E-state index in [4.69, 9.17) is 9.47 Å². The normalized spacial score (nSPS) is 11.8. The SMILES string of the molecule is CC(=O)OC[C@H](COC(=O)c1ccc(Br)cc1)c1ccnc2ccccc12. The molecule has 3 rings (SSSR count). The van der Waals surface area contributed by atoms with Crippen LogP contribution in [0.5, 0.6) is 0 Å². The molecule has 0 saturated carbocycles. The molecule has 2 aromatic carbocycles. The van der Waals surface area contributed by atoms with Crippen molar-refractivity contribution in [3.05, 3.63) is 76.4 Å². The minimum atomic E-state index is -0.423. The predicted octanol–water partition coefficient (Wildman–Crippen LogP) is 4.50. The number of benzene rings is 2. The summed E-state index contributed by atoms with van der Waals surface area (Å²) in [6.45, 7) is 1.57. The molecule has 0 aliphatic rings. The molecule has 0 N–H and O–H groups in total. The minimum Gasteiger partial charge on any atom is -0.465 e. The Hall–Kier alpha value is -2.73. The largest absolute Gasteiger partial charge is 0.465 e. The molecule has 0 aliphatic heterocycles. The fourth-order valence-electron chi connectivity index (χ4n) is 2.77. The lowest BCUT2D eigenvalue weighted by molar-refractivity contribution is -0.141. The van der Waals surface area contributed by atoms with E-state index in [2.05, 4.69) is 20.9 Å². The Morgan fingerprint density at radius 1 is 1.00 bits per heavy atom. The van der Waals surface area contributed by atoms with E-state index >= 15 is 0 Å². The molecule has 1 aromatic heterocycles. The lowest BCUT2D eigenvalue weighted by atomic mass is 9.97. The number of rotatable bonds is 6. The lowest BCUT2D eigenvalue weighted by Crippen LogP contribution is -2.19. The third-order valence-corrected chi connectivity index (χ3v) is 4.63. The number of esters is 2. The maximum Gasteiger partial charge on any atom is 0.338 e. The number of carbonyl (C=O) groups excluding carboxylic acids is 2. The van der Waals surface area contributed by atoms with Crippen LogP contribution in [-0.2, 0) is 14.3 Å². The van der Waals surface area contributed by atoms with Gasteiger partial charge in [-0.05, 0) is 42.0 Å². The van der Waals surface area contributed by atoms with Crippen molar-refractivity contribution < 1.29 is 19.1 Å². The number of hydrogen-bond donors (Lipinski definition) is 0. The standard InChI is InChI=1S/C21H18BrNO4/c1-14(24)26-12-16(13-27-21(25)15-6-8-17(22)9-7-15)18-10-11-23-20-5-3-2-4-19(18)20/h2-11,16H,12-13H2,1H3/t16-/m1/s1. The number of halogens is 1. The van der Waals surface area contributed by atoms with Crippen LogP contribution in [0.15, 0.2) is 65.3 Å². The summed E-state index contributed by atoms with van der Waals surface area (Å²) in [5.41, 5.74) is 2.22. The highest BCUT2D eigenvalue weighted by molar-refractivity contribution is 9.10. The molecular weight excluding hydrogens is 410 g/mol. The van der Waals surface area contributed by atoms with Gasteiger partial charge < -0.3 is 9.47 Å². The molecule has 1 atom stereocenters. The Balaban J connectivity index is 1.81. The van der Waals surface area contributed by atoms with E-state index in [0.717, 1.165) is 20.9 Å². The molecular formula is C21H18BrNO4. The van der Waals surface area contributed by atoms with Crippen LogP contribution in [0.1, 0.15) is 28.8 Å². The number of hydrogen-bond acceptors (Lipinski definition) is 5. The summed E-state index contributed by atoms with van der Waals surface area (Å²) in [4.78, 5) is 28.0. The molecule has 0 unspecified atom stereocenters. The van der Waals surface area contributed by atoms with Crippen LogP contribution >= 0.6 is 15.9 Å². The zero-order valence-electron chi connectivity index (χ0n) is 14.7. The summed E-state index contributed by atoms with van der Waals surface area (Å²) in [6, 6.07) is 16.5. The van der Waals surface area contributed by atoms with Crippen LogP contribution in [0.3, 0.4) is 0 Å². The van der Waals surface area contributed by atoms with Gasteiger partial charge in [-0.25, -0.2) is 4.79 Å². The van der Waals surface area contributed by atoms with Crippen LogP contribution in [0.25, 0.3) is 10.9 Å². The predicted molar refractivity (Wildman–Crippen MR) is 106 cm³/mol. The van der Waals surface area contributed by atoms with Crippen molar-refractivity contribution in [3.8, 4) is 0 Å². The van der Waals surface area contributed by atoms with Crippen molar-refractivity contribution in [2.24, 2.45) is 0 Å². The third-order valence-electron chi connectivity index (χ3n) is 4.11. The van der Waals surface area contributed by atoms with Gasteiger partial charge in [-0.3, -0.25) is 9.78 Å². The van der Waals surface area contributed by atoms with Gasteiger partial charge in [0.25, 0.3) is 0 Å². The van der Waals surface area contributed by atoms with Crippen LogP contribution in [0, 0.1) is 0 Å². The molecule has 27 heavy (non-hydrogen) atoms. The number of carbonyl (C=O) groups is 2. The molecule has 3 aromatic rings. The van der Waals surface area contributed by atoms with Gasteiger partial charge in [0, 0.05) is 23.0 Å². The van der Waals surface area contributed by atoms with E-state index in [1.807, 2.05) is 30.3 Å². The average molecular weight is 428 g/mol. The van der Waals surface area contributed by atoms with Gasteiger partial charge in [0.15, 0.2) is 0 Å². The number of para-hydroxylation sites is 1. The molecule has 0 radical (unpaired) electrons. The van der Waals surface area contributed by atoms with E-state index in [1.54, 1.807) is 30.5 Å². The van der Waals surface area contributed by atoms with Crippen molar-refractivity contribution in [2.45, 2.75) is 12.8 Å². The number of nitrogens with zero attached hydrogens (tertiary/aromatic N) is 1. The van der Waals surface area contributed by atoms with Crippen LogP contribution in [0.2, 0.25) is 0 Å². The first-order valence-electron chi connectivity index (χ1n) is 8.44. The minimum absolute atomic E-state index is 0.0934. The van der Waals surface area contributed by atoms with Gasteiger partial charge in [0.2, 0.25) is 0 Å². The molecule has 0 aliphatic carbocycles. The van der Waals surface area contributed by atoms with E-state index in [-0.39, 0.29) is 25.1 Å². The van der Waals surface area contributed by atoms with Crippen LogP contribution in [0.4, 0.5) is 0 Å². The van der Waals surface area contributed by atoms with Crippen LogP contribution < -0.4 is 0 Å². The molecule has 0 bridgehead atoms. The highest BCUT2D eigenvalue weighted by Gasteiger charge is 2.19. The van der Waals surface area contributed by atoms with Crippen molar-refractivity contribution in [1.82, 2.24) is 4.98 Å². The second-order valence-corrected chi connectivity index (χ2v) is 6.94. The summed E-state index contributed by atoms with van der Waals surface area (Å²) in [5.74, 6) is -1.09. The summed E-state index contributed by atoms with van der Waals surface area (Å²) < 4.78 is 11.6. The van der Waals surface area contributed by atoms with Crippen LogP contribution in [-0.4, -0.2) is 30.1 Å². The maximum absolute atomic E-state index is 12.3. The second kappa shape index (κ2) is 8.77. The maximum atomic E-state index is 12.3. The first-order valence-corrected chi connectivity index (χ1v) is 9.23. The summed E-state index contributed by atoms with van der Waals surface area (Å²) in [6.07, 6.45) is 1.70. The first-order chi connectivity index (χ1) is 13.0. The van der Waals surface area contributed by atoms with E-state index in [0.29, 0.717) is 5.56 Å². The third kappa shape index (κ3) is 4.92. The van der Waals surface area contributed by atoms with E-state index in [9.17, 15) is 9.59 Å². The van der Waals surface area contributed by atoms with Gasteiger partial charge in [0.05, 0.1) is 17.0 Å². The quantitative estimate of drug-likeness (QED) is 0.541. The van der Waals surface area contributed by atoms with Gasteiger partial charge in [-0.15, -0.1) is 0 Å². The Labute approximate surface area is 165 Å². The molecule has 0 amide bonds. The Kier molecular flexibility index (Phi) is 6.19. The summed E-state index contributed by atoms with van der Waals surface area (Å²) >= 11 is 3.34. The highest BCUT2D eigenvalue weighted by Crippen LogP contribution is 2.25. The van der Waals surface area contributed by atoms with Crippen molar-refractivity contribution in [1.29, 1.82) is 0 Å². The highest BCUT2D eigenvalue weighted by atomic mass is 79.9. The summed E-state index contributed by atoms with van der Waals surface area (Å²) in [5, 5.41) is 0.942. The number of ether oxygens (including phenoxy) is 2. The summed E-state index contributed by atoms with van der Waals surface area (Å²) in [7, 11) is 0. The molecule has 138 valence electrons. The number of aromatic nitrogens is 1. The van der Waals surface area contributed by atoms with Gasteiger partial charge in [-0.1, -0.05) is 34.1 Å². The molecule has 6 heteroatoms. The first kappa shape index (κ1) is 19.0. The van der Waals surface area contributed by atoms with E-state index < -0.39 is 5.97 Å². The fourth-order valence-corrected chi connectivity index (χ4v) is 3.03. The van der Waals surface area contributed by atoms with Gasteiger partial charge in [0.1, 0.15) is 13.2 Å². The van der Waals surface area contributed by atoms with E-state index in [1.165, 1.54) is 6.92 Å². The Morgan fingerprint density at radius 3 is 2.44 bits per heavy atom. The van der Waals surface area contributed by atoms with Crippen molar-refractivity contribution in [3.63, 3.8) is 0 Å².